The molecule has 4 fully saturated rings. The van der Waals surface area contributed by atoms with Crippen molar-refractivity contribution in [2.24, 2.45) is 17.3 Å². The summed E-state index contributed by atoms with van der Waals surface area (Å²) in [6.45, 7) is 6.42. The summed E-state index contributed by atoms with van der Waals surface area (Å²) < 4.78 is 0. The monoisotopic (exact) mass is 276 g/mol. The van der Waals surface area contributed by atoms with E-state index in [1.54, 1.807) is 0 Å². The van der Waals surface area contributed by atoms with Gasteiger partial charge in [0, 0.05) is 31.7 Å². The van der Waals surface area contributed by atoms with Crippen molar-refractivity contribution in [3.05, 3.63) is 0 Å². The lowest BCUT2D eigenvalue weighted by Crippen LogP contribution is -2.59. The van der Waals surface area contributed by atoms with Crippen LogP contribution in [-0.2, 0) is 0 Å². The Morgan fingerprint density at radius 3 is 2.45 bits per heavy atom. The van der Waals surface area contributed by atoms with E-state index >= 15 is 0 Å². The Labute approximate surface area is 124 Å². The quantitative estimate of drug-likeness (QED) is 0.846. The van der Waals surface area contributed by atoms with E-state index in [9.17, 15) is 0 Å². The highest BCUT2D eigenvalue weighted by atomic mass is 15.2. The van der Waals surface area contributed by atoms with E-state index < -0.39 is 0 Å². The fourth-order valence-electron chi connectivity index (χ4n) is 4.98. The van der Waals surface area contributed by atoms with Crippen molar-refractivity contribution in [3.63, 3.8) is 0 Å². The molecule has 2 atom stereocenters. The lowest BCUT2D eigenvalue weighted by atomic mass is 9.82. The van der Waals surface area contributed by atoms with Crippen LogP contribution in [0.15, 0.2) is 0 Å². The molecule has 0 bridgehead atoms. The highest BCUT2D eigenvalue weighted by Crippen LogP contribution is 2.61. The Morgan fingerprint density at radius 2 is 1.80 bits per heavy atom. The number of rotatable bonds is 4. The van der Waals surface area contributed by atoms with Crippen LogP contribution >= 0.6 is 0 Å². The van der Waals surface area contributed by atoms with E-state index in [1.807, 2.05) is 0 Å². The minimum Gasteiger partial charge on any atom is -0.311 e. The summed E-state index contributed by atoms with van der Waals surface area (Å²) in [5.41, 5.74) is 0.780. The SMILES string of the molecule is CC1CNC(C2CCCCC2)CN1CC1(C2CC2)CC1. The Hall–Kier alpha value is -0.0800. The van der Waals surface area contributed by atoms with Gasteiger partial charge in [0.15, 0.2) is 0 Å². The van der Waals surface area contributed by atoms with Gasteiger partial charge < -0.3 is 5.32 Å². The van der Waals surface area contributed by atoms with Crippen LogP contribution in [-0.4, -0.2) is 36.6 Å². The van der Waals surface area contributed by atoms with Crippen LogP contribution in [0.4, 0.5) is 0 Å². The molecule has 0 amide bonds. The summed E-state index contributed by atoms with van der Waals surface area (Å²) in [6, 6.07) is 1.55. The predicted molar refractivity (Wildman–Crippen MR) is 83.8 cm³/mol. The Kier molecular flexibility index (Phi) is 3.58. The second-order valence-corrected chi connectivity index (χ2v) is 8.33. The topological polar surface area (TPSA) is 15.3 Å². The molecule has 114 valence electrons. The van der Waals surface area contributed by atoms with Gasteiger partial charge in [-0.1, -0.05) is 19.3 Å². The summed E-state index contributed by atoms with van der Waals surface area (Å²) in [5.74, 6) is 2.08. The molecular weight excluding hydrogens is 244 g/mol. The van der Waals surface area contributed by atoms with E-state index in [-0.39, 0.29) is 0 Å². The van der Waals surface area contributed by atoms with Crippen molar-refractivity contribution >= 4 is 0 Å². The van der Waals surface area contributed by atoms with Crippen molar-refractivity contribution in [1.82, 2.24) is 10.2 Å². The minimum atomic E-state index is 0.756. The summed E-state index contributed by atoms with van der Waals surface area (Å²) in [5, 5.41) is 3.88. The van der Waals surface area contributed by atoms with Gasteiger partial charge in [0.1, 0.15) is 0 Å². The van der Waals surface area contributed by atoms with Gasteiger partial charge in [0.2, 0.25) is 0 Å². The van der Waals surface area contributed by atoms with Crippen molar-refractivity contribution in [2.75, 3.05) is 19.6 Å². The summed E-state index contributed by atoms with van der Waals surface area (Å²) >= 11 is 0. The number of hydrogen-bond acceptors (Lipinski definition) is 2. The molecule has 1 saturated heterocycles. The number of nitrogens with zero attached hydrogens (tertiary/aromatic N) is 1. The van der Waals surface area contributed by atoms with E-state index in [4.69, 9.17) is 0 Å². The van der Waals surface area contributed by atoms with Crippen molar-refractivity contribution < 1.29 is 0 Å². The smallest absolute Gasteiger partial charge is 0.0224 e. The molecule has 0 aromatic rings. The average molecular weight is 276 g/mol. The first kappa shape index (κ1) is 13.6. The number of nitrogens with one attached hydrogen (secondary N) is 1. The number of piperazine rings is 1. The van der Waals surface area contributed by atoms with Gasteiger partial charge in [-0.05, 0) is 62.7 Å². The van der Waals surface area contributed by atoms with Crippen molar-refractivity contribution in [1.29, 1.82) is 0 Å². The Morgan fingerprint density at radius 1 is 1.05 bits per heavy atom. The van der Waals surface area contributed by atoms with Crippen LogP contribution < -0.4 is 5.32 Å². The third-order valence-corrected chi connectivity index (χ3v) is 6.80. The summed E-state index contributed by atoms with van der Waals surface area (Å²) in [4.78, 5) is 2.86. The Bertz CT molecular complexity index is 339. The lowest BCUT2D eigenvalue weighted by Gasteiger charge is -2.44. The van der Waals surface area contributed by atoms with Crippen LogP contribution in [0, 0.1) is 17.3 Å². The van der Waals surface area contributed by atoms with Gasteiger partial charge in [-0.3, -0.25) is 4.90 Å². The second-order valence-electron chi connectivity index (χ2n) is 8.33. The third kappa shape index (κ3) is 2.66. The first-order valence-corrected chi connectivity index (χ1v) is 9.24. The summed E-state index contributed by atoms with van der Waals surface area (Å²) in [6.07, 6.45) is 13.5. The van der Waals surface area contributed by atoms with Crippen molar-refractivity contribution in [2.45, 2.75) is 76.8 Å². The molecule has 1 N–H and O–H groups in total. The molecule has 3 saturated carbocycles. The second kappa shape index (κ2) is 5.28. The van der Waals surface area contributed by atoms with E-state index in [0.29, 0.717) is 0 Å². The molecule has 2 unspecified atom stereocenters. The molecule has 0 aromatic carbocycles. The molecule has 20 heavy (non-hydrogen) atoms. The zero-order valence-corrected chi connectivity index (χ0v) is 13.2. The van der Waals surface area contributed by atoms with Crippen molar-refractivity contribution in [3.8, 4) is 0 Å². The molecular formula is C18H32N2. The van der Waals surface area contributed by atoms with Crippen LogP contribution in [0.5, 0.6) is 0 Å². The van der Waals surface area contributed by atoms with E-state index in [2.05, 4.69) is 17.1 Å². The Balaban J connectivity index is 1.37. The number of hydrogen-bond donors (Lipinski definition) is 1. The highest BCUT2D eigenvalue weighted by molar-refractivity contribution is 5.06. The lowest BCUT2D eigenvalue weighted by molar-refractivity contribution is 0.0800. The van der Waals surface area contributed by atoms with Crippen LogP contribution in [0.3, 0.4) is 0 Å². The zero-order chi connectivity index (χ0) is 13.6. The fraction of sp³-hybridized carbons (Fsp3) is 1.00. The maximum atomic E-state index is 3.88. The fourth-order valence-corrected chi connectivity index (χ4v) is 4.98. The zero-order valence-electron chi connectivity index (χ0n) is 13.2. The highest BCUT2D eigenvalue weighted by Gasteiger charge is 2.54. The molecule has 3 aliphatic carbocycles. The molecule has 4 aliphatic rings. The van der Waals surface area contributed by atoms with Gasteiger partial charge in [0.25, 0.3) is 0 Å². The average Bonchev–Trinajstić information content (AvgIpc) is 3.36. The van der Waals surface area contributed by atoms with Gasteiger partial charge in [-0.15, -0.1) is 0 Å². The van der Waals surface area contributed by atoms with Gasteiger partial charge >= 0.3 is 0 Å². The van der Waals surface area contributed by atoms with Crippen LogP contribution in [0.25, 0.3) is 0 Å². The van der Waals surface area contributed by atoms with Gasteiger partial charge in [0.05, 0.1) is 0 Å². The first-order valence-electron chi connectivity index (χ1n) is 9.24. The maximum absolute atomic E-state index is 3.88. The van der Waals surface area contributed by atoms with Crippen LogP contribution in [0.2, 0.25) is 0 Å². The van der Waals surface area contributed by atoms with Crippen LogP contribution in [0.1, 0.15) is 64.7 Å². The largest absolute Gasteiger partial charge is 0.311 e. The molecule has 2 nitrogen and oxygen atoms in total. The molecule has 1 aliphatic heterocycles. The molecule has 0 radical (unpaired) electrons. The maximum Gasteiger partial charge on any atom is 0.0224 e. The molecule has 0 aromatic heterocycles. The first-order chi connectivity index (χ1) is 9.77. The minimum absolute atomic E-state index is 0.756. The van der Waals surface area contributed by atoms with Gasteiger partial charge in [-0.2, -0.15) is 0 Å². The molecule has 4 rings (SSSR count). The predicted octanol–water partition coefficient (Wildman–Crippen LogP) is 3.42. The van der Waals surface area contributed by atoms with E-state index in [0.717, 1.165) is 29.3 Å². The summed E-state index contributed by atoms with van der Waals surface area (Å²) in [7, 11) is 0. The molecule has 1 heterocycles. The van der Waals surface area contributed by atoms with Gasteiger partial charge in [-0.25, -0.2) is 0 Å². The third-order valence-electron chi connectivity index (χ3n) is 6.80. The molecule has 0 spiro atoms. The molecule has 2 heteroatoms. The van der Waals surface area contributed by atoms with E-state index in [1.165, 1.54) is 77.4 Å². The standard InChI is InChI=1S/C18H32N2/c1-14-11-19-17(15-5-3-2-4-6-15)12-20(14)13-18(9-10-18)16-7-8-16/h14-17,19H,2-13H2,1H3. The normalized spacial score (nSPS) is 38.9.